The fraction of sp³-hybridized carbons (Fsp3) is 0.556. The summed E-state index contributed by atoms with van der Waals surface area (Å²) in [5.41, 5.74) is 1.25. The number of rotatable bonds is 7. The van der Waals surface area contributed by atoms with Crippen LogP contribution < -0.4 is 15.0 Å². The largest absolute Gasteiger partial charge is 0.467 e. The van der Waals surface area contributed by atoms with Crippen molar-refractivity contribution >= 4 is 23.2 Å². The van der Waals surface area contributed by atoms with Crippen LogP contribution in [0.25, 0.3) is 0 Å². The lowest BCUT2D eigenvalue weighted by molar-refractivity contribution is -0.121. The van der Waals surface area contributed by atoms with Gasteiger partial charge in [-0.15, -0.1) is 11.3 Å². The van der Waals surface area contributed by atoms with Gasteiger partial charge >= 0.3 is 6.01 Å². The molecule has 0 spiro atoms. The highest BCUT2D eigenvalue weighted by molar-refractivity contribution is 7.10. The standard InChI is InChI=1S/C18H25N5O2S/c1-13-8-11-26-14(13)6-7-16(24)19-12-15-20-17(22-18(21-15)25-2)23-9-4-3-5-10-23/h8,11H,3-7,9-10,12H2,1-2H3,(H,19,24). The number of aryl methyl sites for hydroxylation is 2. The Labute approximate surface area is 157 Å². The molecule has 0 saturated carbocycles. The molecule has 1 aliphatic heterocycles. The molecule has 1 aliphatic rings. The van der Waals surface area contributed by atoms with Crippen molar-refractivity contribution in [2.45, 2.75) is 45.6 Å². The number of carbonyl (C=O) groups excluding carboxylic acids is 1. The van der Waals surface area contributed by atoms with E-state index in [1.165, 1.54) is 16.9 Å². The number of piperidine rings is 1. The number of amides is 1. The monoisotopic (exact) mass is 375 g/mol. The third kappa shape index (κ3) is 4.91. The van der Waals surface area contributed by atoms with Gasteiger partial charge in [0.05, 0.1) is 13.7 Å². The smallest absolute Gasteiger partial charge is 0.321 e. The Morgan fingerprint density at radius 1 is 1.27 bits per heavy atom. The van der Waals surface area contributed by atoms with E-state index in [4.69, 9.17) is 4.74 Å². The summed E-state index contributed by atoms with van der Waals surface area (Å²) in [6, 6.07) is 2.37. The first-order chi connectivity index (χ1) is 12.7. The molecule has 140 valence electrons. The van der Waals surface area contributed by atoms with Crippen molar-refractivity contribution in [3.63, 3.8) is 0 Å². The molecular formula is C18H25N5O2S. The second-order valence-electron chi connectivity index (χ2n) is 6.39. The number of carbonyl (C=O) groups is 1. The number of nitrogens with one attached hydrogen (secondary N) is 1. The number of nitrogens with zero attached hydrogens (tertiary/aromatic N) is 4. The van der Waals surface area contributed by atoms with E-state index in [2.05, 4.69) is 43.5 Å². The van der Waals surface area contributed by atoms with Gasteiger partial charge in [-0.3, -0.25) is 4.79 Å². The quantitative estimate of drug-likeness (QED) is 0.801. The topological polar surface area (TPSA) is 80.2 Å². The van der Waals surface area contributed by atoms with Gasteiger partial charge < -0.3 is 15.0 Å². The Bertz CT molecular complexity index is 743. The molecule has 0 unspecified atom stereocenters. The molecule has 1 N–H and O–H groups in total. The van der Waals surface area contributed by atoms with Crippen LogP contribution in [-0.2, 0) is 17.8 Å². The predicted molar refractivity (Wildman–Crippen MR) is 102 cm³/mol. The number of anilines is 1. The van der Waals surface area contributed by atoms with Crippen LogP contribution in [0.5, 0.6) is 6.01 Å². The van der Waals surface area contributed by atoms with Gasteiger partial charge in [0, 0.05) is 24.4 Å². The first-order valence-corrected chi connectivity index (χ1v) is 9.87. The minimum Gasteiger partial charge on any atom is -0.467 e. The third-order valence-electron chi connectivity index (χ3n) is 4.46. The van der Waals surface area contributed by atoms with Gasteiger partial charge in [-0.2, -0.15) is 15.0 Å². The van der Waals surface area contributed by atoms with E-state index in [-0.39, 0.29) is 12.5 Å². The molecule has 1 amide bonds. The lowest BCUT2D eigenvalue weighted by Crippen LogP contribution is -2.32. The van der Waals surface area contributed by atoms with Gasteiger partial charge in [0.2, 0.25) is 11.9 Å². The SMILES string of the molecule is COc1nc(CNC(=O)CCc2sccc2C)nc(N2CCCCC2)n1. The van der Waals surface area contributed by atoms with E-state index < -0.39 is 0 Å². The van der Waals surface area contributed by atoms with E-state index >= 15 is 0 Å². The van der Waals surface area contributed by atoms with E-state index in [9.17, 15) is 4.79 Å². The molecule has 2 aromatic rings. The van der Waals surface area contributed by atoms with Crippen LogP contribution in [0.1, 0.15) is 41.9 Å². The van der Waals surface area contributed by atoms with Crippen LogP contribution in [0, 0.1) is 6.92 Å². The maximum atomic E-state index is 12.1. The Kier molecular flexibility index (Phi) is 6.38. The minimum absolute atomic E-state index is 0.00305. The molecule has 1 fully saturated rings. The average Bonchev–Trinajstić information content (AvgIpc) is 3.10. The van der Waals surface area contributed by atoms with Crippen LogP contribution in [0.15, 0.2) is 11.4 Å². The van der Waals surface area contributed by atoms with E-state index in [0.717, 1.165) is 32.4 Å². The molecular weight excluding hydrogens is 350 g/mol. The van der Waals surface area contributed by atoms with Crippen LogP contribution in [0.2, 0.25) is 0 Å². The summed E-state index contributed by atoms with van der Waals surface area (Å²) in [5.74, 6) is 1.16. The van der Waals surface area contributed by atoms with Crippen molar-refractivity contribution in [3.05, 3.63) is 27.7 Å². The van der Waals surface area contributed by atoms with E-state index in [0.29, 0.717) is 24.2 Å². The average molecular weight is 375 g/mol. The molecule has 8 heteroatoms. The zero-order chi connectivity index (χ0) is 18.4. The number of thiophene rings is 1. The molecule has 26 heavy (non-hydrogen) atoms. The summed E-state index contributed by atoms with van der Waals surface area (Å²) in [4.78, 5) is 28.7. The maximum Gasteiger partial charge on any atom is 0.321 e. The van der Waals surface area contributed by atoms with Crippen molar-refractivity contribution in [2.75, 3.05) is 25.1 Å². The van der Waals surface area contributed by atoms with Crippen LogP contribution in [-0.4, -0.2) is 41.1 Å². The van der Waals surface area contributed by atoms with Crippen molar-refractivity contribution in [1.82, 2.24) is 20.3 Å². The molecule has 0 aliphatic carbocycles. The molecule has 7 nitrogen and oxygen atoms in total. The Morgan fingerprint density at radius 3 is 2.77 bits per heavy atom. The molecule has 0 atom stereocenters. The number of aromatic nitrogens is 3. The third-order valence-corrected chi connectivity index (χ3v) is 5.54. The fourth-order valence-corrected chi connectivity index (χ4v) is 3.86. The fourth-order valence-electron chi connectivity index (χ4n) is 2.95. The number of hydrogen-bond donors (Lipinski definition) is 1. The summed E-state index contributed by atoms with van der Waals surface area (Å²) >= 11 is 1.69. The highest BCUT2D eigenvalue weighted by Gasteiger charge is 2.17. The van der Waals surface area contributed by atoms with Crippen LogP contribution in [0.3, 0.4) is 0 Å². The number of methoxy groups -OCH3 is 1. The Balaban J connectivity index is 1.57. The Hall–Kier alpha value is -2.22. The molecule has 0 aromatic carbocycles. The normalized spacial score (nSPS) is 14.3. The van der Waals surface area contributed by atoms with Crippen LogP contribution in [0.4, 0.5) is 5.95 Å². The number of hydrogen-bond acceptors (Lipinski definition) is 7. The molecule has 1 saturated heterocycles. The first-order valence-electron chi connectivity index (χ1n) is 8.99. The molecule has 2 aromatic heterocycles. The van der Waals surface area contributed by atoms with Crippen molar-refractivity contribution < 1.29 is 9.53 Å². The first kappa shape index (κ1) is 18.6. The lowest BCUT2D eigenvalue weighted by atomic mass is 10.1. The van der Waals surface area contributed by atoms with Gasteiger partial charge in [0.1, 0.15) is 0 Å². The minimum atomic E-state index is -0.00305. The zero-order valence-corrected chi connectivity index (χ0v) is 16.1. The van der Waals surface area contributed by atoms with Crippen molar-refractivity contribution in [1.29, 1.82) is 0 Å². The molecule has 0 bridgehead atoms. The summed E-state index contributed by atoms with van der Waals surface area (Å²) in [6.45, 7) is 4.24. The summed E-state index contributed by atoms with van der Waals surface area (Å²) in [6.07, 6.45) is 4.74. The van der Waals surface area contributed by atoms with Gasteiger partial charge in [-0.05, 0) is 49.6 Å². The molecule has 3 rings (SSSR count). The summed E-state index contributed by atoms with van der Waals surface area (Å²) in [7, 11) is 1.54. The van der Waals surface area contributed by atoms with Gasteiger partial charge in [-0.25, -0.2) is 0 Å². The van der Waals surface area contributed by atoms with Crippen molar-refractivity contribution in [2.24, 2.45) is 0 Å². The molecule has 3 heterocycles. The highest BCUT2D eigenvalue weighted by atomic mass is 32.1. The van der Waals surface area contributed by atoms with Gasteiger partial charge in [0.25, 0.3) is 0 Å². The predicted octanol–water partition coefficient (Wildman–Crippen LogP) is 2.49. The second-order valence-corrected chi connectivity index (χ2v) is 7.39. The van der Waals surface area contributed by atoms with Gasteiger partial charge in [-0.1, -0.05) is 0 Å². The van der Waals surface area contributed by atoms with Gasteiger partial charge in [0.15, 0.2) is 5.82 Å². The zero-order valence-electron chi connectivity index (χ0n) is 15.3. The molecule has 0 radical (unpaired) electrons. The highest BCUT2D eigenvalue weighted by Crippen LogP contribution is 2.18. The maximum absolute atomic E-state index is 12.1. The van der Waals surface area contributed by atoms with Crippen molar-refractivity contribution in [3.8, 4) is 6.01 Å². The van der Waals surface area contributed by atoms with E-state index in [1.54, 1.807) is 18.4 Å². The summed E-state index contributed by atoms with van der Waals surface area (Å²) in [5, 5.41) is 4.96. The summed E-state index contributed by atoms with van der Waals surface area (Å²) < 4.78 is 5.20. The van der Waals surface area contributed by atoms with Crippen LogP contribution >= 0.6 is 11.3 Å². The van der Waals surface area contributed by atoms with E-state index in [1.807, 2.05) is 0 Å². The Morgan fingerprint density at radius 2 is 2.08 bits per heavy atom. The lowest BCUT2D eigenvalue weighted by Gasteiger charge is -2.26. The number of ether oxygens (including phenoxy) is 1. The second kappa shape index (κ2) is 8.93.